The molecule has 0 heterocycles. The quantitative estimate of drug-likeness (QED) is 0.147. The van der Waals surface area contributed by atoms with Crippen molar-refractivity contribution in [2.75, 3.05) is 6.61 Å². The van der Waals surface area contributed by atoms with E-state index < -0.39 is 16.6 Å². The molecule has 0 aliphatic carbocycles. The molecule has 0 unspecified atom stereocenters. The van der Waals surface area contributed by atoms with Gasteiger partial charge >= 0.3 is 0 Å². The lowest BCUT2D eigenvalue weighted by molar-refractivity contribution is -0.113. The summed E-state index contributed by atoms with van der Waals surface area (Å²) in [5.74, 6) is -0.0656. The van der Waals surface area contributed by atoms with Gasteiger partial charge < -0.3 is 13.6 Å². The van der Waals surface area contributed by atoms with Crippen molar-refractivity contribution in [1.29, 1.82) is 0 Å². The van der Waals surface area contributed by atoms with Crippen LogP contribution >= 0.6 is 0 Å². The number of aldehydes is 1. The summed E-state index contributed by atoms with van der Waals surface area (Å²) >= 11 is 0. The van der Waals surface area contributed by atoms with Crippen molar-refractivity contribution in [1.82, 2.24) is 0 Å². The molecule has 2 aromatic carbocycles. The van der Waals surface area contributed by atoms with Crippen molar-refractivity contribution in [2.45, 2.75) is 97.0 Å². The molecule has 0 fully saturated rings. The van der Waals surface area contributed by atoms with Crippen molar-refractivity contribution in [2.24, 2.45) is 5.92 Å². The van der Waals surface area contributed by atoms with Gasteiger partial charge in [-0.05, 0) is 52.8 Å². The molecule has 0 saturated carbocycles. The van der Waals surface area contributed by atoms with Gasteiger partial charge in [-0.2, -0.15) is 0 Å². The highest BCUT2D eigenvalue weighted by molar-refractivity contribution is 6.99. The number of rotatable bonds is 15. The van der Waals surface area contributed by atoms with Crippen LogP contribution in [0.15, 0.2) is 60.7 Å². The molecule has 0 bridgehead atoms. The van der Waals surface area contributed by atoms with Crippen LogP contribution in [0.25, 0.3) is 0 Å². The molecule has 3 nitrogen and oxygen atoms in total. The van der Waals surface area contributed by atoms with Crippen LogP contribution in [0.1, 0.15) is 67.7 Å². The molecule has 0 saturated heterocycles. The lowest BCUT2D eigenvalue weighted by Gasteiger charge is -2.43. The highest BCUT2D eigenvalue weighted by Gasteiger charge is 2.50. The lowest BCUT2D eigenvalue weighted by Crippen LogP contribution is -2.66. The Labute approximate surface area is 216 Å². The molecule has 194 valence electrons. The predicted octanol–water partition coefficient (Wildman–Crippen LogP) is 6.96. The van der Waals surface area contributed by atoms with E-state index >= 15 is 0 Å². The largest absolute Gasteiger partial charge is 0.413 e. The van der Waals surface area contributed by atoms with Crippen LogP contribution in [0.3, 0.4) is 0 Å². The van der Waals surface area contributed by atoms with Crippen LogP contribution in [0, 0.1) is 5.92 Å². The van der Waals surface area contributed by atoms with Gasteiger partial charge in [-0.15, -0.1) is 0 Å². The number of benzene rings is 2. The summed E-state index contributed by atoms with van der Waals surface area (Å²) in [5, 5.41) is 2.63. The first-order valence-corrected chi connectivity index (χ1v) is 18.0. The molecule has 0 amide bonds. The monoisotopic (exact) mass is 512 g/mol. The Morgan fingerprint density at radius 2 is 1.31 bits per heavy atom. The van der Waals surface area contributed by atoms with Gasteiger partial charge in [0.1, 0.15) is 6.29 Å². The minimum Gasteiger partial charge on any atom is -0.413 e. The van der Waals surface area contributed by atoms with Crippen molar-refractivity contribution < 1.29 is 13.6 Å². The summed E-state index contributed by atoms with van der Waals surface area (Å²) in [4.78, 5) is 11.7. The Balaban J connectivity index is 2.17. The van der Waals surface area contributed by atoms with E-state index in [9.17, 15) is 4.79 Å². The predicted molar refractivity (Wildman–Crippen MR) is 155 cm³/mol. The van der Waals surface area contributed by atoms with Crippen LogP contribution < -0.4 is 10.4 Å². The molecule has 2 atom stereocenters. The number of hydrogen-bond donors (Lipinski definition) is 0. The van der Waals surface area contributed by atoms with Crippen molar-refractivity contribution in [3.63, 3.8) is 0 Å². The standard InChI is InChI=1S/C30H48O3Si2/c1-8-34(9-2,10-3)33-29(26(4)25-31)23-17-18-24-32-35(30(5,6)7,27-19-13-11-14-20-27)28-21-15-12-16-22-28/h11-16,19-22,25-26,29H,8-10,17-18,23-24H2,1-7H3/t26-,29-/m1/s1. The number of carbonyl (C=O) groups is 1. The second-order valence-corrected chi connectivity index (χ2v) is 19.9. The summed E-state index contributed by atoms with van der Waals surface area (Å²) in [7, 11) is -4.25. The van der Waals surface area contributed by atoms with Gasteiger partial charge in [-0.25, -0.2) is 0 Å². The van der Waals surface area contributed by atoms with Crippen LogP contribution in [-0.4, -0.2) is 35.6 Å². The SMILES string of the molecule is CC[Si](CC)(CC)O[C@H](CCCCO[Si](c1ccccc1)(c1ccccc1)C(C)(C)C)[C@H](C)C=O. The van der Waals surface area contributed by atoms with Crippen molar-refractivity contribution in [3.8, 4) is 0 Å². The fourth-order valence-electron chi connectivity index (χ4n) is 5.27. The first-order valence-electron chi connectivity index (χ1n) is 13.6. The molecule has 2 rings (SSSR count). The molecular formula is C30H48O3Si2. The molecule has 5 heteroatoms. The number of carbonyl (C=O) groups excluding carboxylic acids is 1. The van der Waals surface area contributed by atoms with E-state index in [1.54, 1.807) is 0 Å². The van der Waals surface area contributed by atoms with Gasteiger partial charge in [-0.3, -0.25) is 0 Å². The second-order valence-electron chi connectivity index (χ2n) is 10.9. The normalized spacial score (nSPS) is 14.5. The van der Waals surface area contributed by atoms with E-state index in [0.717, 1.165) is 43.7 Å². The van der Waals surface area contributed by atoms with Crippen LogP contribution in [0.2, 0.25) is 23.2 Å². The summed E-state index contributed by atoms with van der Waals surface area (Å²) in [6.45, 7) is 16.4. The summed E-state index contributed by atoms with van der Waals surface area (Å²) in [6, 6.07) is 25.0. The first-order chi connectivity index (χ1) is 16.7. The third kappa shape index (κ3) is 7.25. The average molecular weight is 513 g/mol. The van der Waals surface area contributed by atoms with Gasteiger partial charge in [0.15, 0.2) is 8.32 Å². The maximum atomic E-state index is 11.7. The van der Waals surface area contributed by atoms with Crippen LogP contribution in [-0.2, 0) is 13.6 Å². The Hall–Kier alpha value is -1.54. The third-order valence-corrected chi connectivity index (χ3v) is 17.5. The topological polar surface area (TPSA) is 35.5 Å². The maximum absolute atomic E-state index is 11.7. The third-order valence-electron chi connectivity index (χ3n) is 7.75. The smallest absolute Gasteiger partial charge is 0.261 e. The Morgan fingerprint density at radius 1 is 0.829 bits per heavy atom. The van der Waals surface area contributed by atoms with E-state index in [-0.39, 0.29) is 17.1 Å². The van der Waals surface area contributed by atoms with Crippen molar-refractivity contribution >= 4 is 33.3 Å². The summed E-state index contributed by atoms with van der Waals surface area (Å²) < 4.78 is 13.8. The molecule has 2 aromatic rings. The van der Waals surface area contributed by atoms with E-state index in [4.69, 9.17) is 8.85 Å². The number of hydrogen-bond acceptors (Lipinski definition) is 3. The number of unbranched alkanes of at least 4 members (excludes halogenated alkanes) is 1. The van der Waals surface area contributed by atoms with Gasteiger partial charge in [0.2, 0.25) is 0 Å². The van der Waals surface area contributed by atoms with E-state index in [1.165, 1.54) is 10.4 Å². The van der Waals surface area contributed by atoms with Crippen molar-refractivity contribution in [3.05, 3.63) is 60.7 Å². The lowest BCUT2D eigenvalue weighted by atomic mass is 10.0. The van der Waals surface area contributed by atoms with E-state index in [0.29, 0.717) is 6.61 Å². The Bertz CT molecular complexity index is 812. The molecule has 0 aliphatic heterocycles. The van der Waals surface area contributed by atoms with E-state index in [2.05, 4.69) is 102 Å². The molecule has 0 radical (unpaired) electrons. The van der Waals surface area contributed by atoms with Gasteiger partial charge in [0.25, 0.3) is 8.32 Å². The minimum atomic E-state index is -2.49. The molecule has 0 spiro atoms. The highest BCUT2D eigenvalue weighted by atomic mass is 28.4. The Kier molecular flexibility index (Phi) is 11.6. The van der Waals surface area contributed by atoms with E-state index in [1.807, 2.05) is 6.92 Å². The zero-order valence-corrected chi connectivity index (χ0v) is 25.2. The van der Waals surface area contributed by atoms with Crippen LogP contribution in [0.4, 0.5) is 0 Å². The van der Waals surface area contributed by atoms with Gasteiger partial charge in [0, 0.05) is 12.5 Å². The van der Waals surface area contributed by atoms with Gasteiger partial charge in [0.05, 0.1) is 6.10 Å². The average Bonchev–Trinajstić information content (AvgIpc) is 2.88. The highest BCUT2D eigenvalue weighted by Crippen LogP contribution is 2.37. The fraction of sp³-hybridized carbons (Fsp3) is 0.567. The zero-order chi connectivity index (χ0) is 26.0. The fourth-order valence-corrected chi connectivity index (χ4v) is 12.9. The Morgan fingerprint density at radius 3 is 1.71 bits per heavy atom. The minimum absolute atomic E-state index is 0.0119. The molecule has 0 N–H and O–H groups in total. The maximum Gasteiger partial charge on any atom is 0.261 e. The van der Waals surface area contributed by atoms with Gasteiger partial charge in [-0.1, -0.05) is 109 Å². The molecule has 0 aromatic heterocycles. The first kappa shape index (κ1) is 29.7. The second kappa shape index (κ2) is 13.7. The molecular weight excluding hydrogens is 464 g/mol. The molecule has 35 heavy (non-hydrogen) atoms. The molecule has 0 aliphatic rings. The summed E-state index contributed by atoms with van der Waals surface area (Å²) in [6.07, 6.45) is 3.98. The summed E-state index contributed by atoms with van der Waals surface area (Å²) in [5.41, 5.74) is 0. The van der Waals surface area contributed by atoms with Crippen LogP contribution in [0.5, 0.6) is 0 Å². The zero-order valence-electron chi connectivity index (χ0n) is 23.2.